The molecule has 6 heteroatoms. The first-order valence-electron chi connectivity index (χ1n) is 31.8. The highest BCUT2D eigenvalue weighted by atomic mass is 16.6. The minimum absolute atomic E-state index is 0.108. The summed E-state index contributed by atoms with van der Waals surface area (Å²) in [4.78, 5) is 38.2. The van der Waals surface area contributed by atoms with Gasteiger partial charge in [-0.1, -0.05) is 269 Å². The van der Waals surface area contributed by atoms with E-state index in [2.05, 4.69) is 167 Å². The van der Waals surface area contributed by atoms with Gasteiger partial charge >= 0.3 is 17.9 Å². The molecule has 0 amide bonds. The smallest absolute Gasteiger partial charge is 0.306 e. The highest BCUT2D eigenvalue weighted by Crippen LogP contribution is 2.15. The van der Waals surface area contributed by atoms with Gasteiger partial charge in [-0.2, -0.15) is 0 Å². The van der Waals surface area contributed by atoms with Gasteiger partial charge in [0, 0.05) is 19.3 Å². The van der Waals surface area contributed by atoms with Gasteiger partial charge in [-0.25, -0.2) is 0 Å². The maximum atomic E-state index is 12.9. The van der Waals surface area contributed by atoms with Crippen LogP contribution in [0.25, 0.3) is 0 Å². The molecule has 0 fully saturated rings. The summed E-state index contributed by atoms with van der Waals surface area (Å²) in [5.74, 6) is -0.981. The van der Waals surface area contributed by atoms with Crippen LogP contribution in [0.5, 0.6) is 0 Å². The van der Waals surface area contributed by atoms with E-state index in [0.717, 1.165) is 135 Å². The first-order chi connectivity index (χ1) is 38.5. The summed E-state index contributed by atoms with van der Waals surface area (Å²) in [5.41, 5.74) is 0. The third kappa shape index (κ3) is 62.1. The number of ether oxygens (including phenoxy) is 3. The van der Waals surface area contributed by atoms with Crippen molar-refractivity contribution in [3.8, 4) is 0 Å². The molecule has 0 saturated carbocycles. The van der Waals surface area contributed by atoms with Crippen molar-refractivity contribution in [2.75, 3.05) is 13.2 Å². The van der Waals surface area contributed by atoms with Crippen LogP contribution in [0.15, 0.2) is 146 Å². The highest BCUT2D eigenvalue weighted by molar-refractivity contribution is 5.71. The van der Waals surface area contributed by atoms with Crippen LogP contribution in [0.3, 0.4) is 0 Å². The molecular formula is C72H116O6. The van der Waals surface area contributed by atoms with E-state index < -0.39 is 6.10 Å². The molecular weight excluding hydrogens is 961 g/mol. The van der Waals surface area contributed by atoms with E-state index in [-0.39, 0.29) is 37.5 Å². The Morgan fingerprint density at radius 2 is 0.513 bits per heavy atom. The van der Waals surface area contributed by atoms with Gasteiger partial charge in [0.15, 0.2) is 6.10 Å². The first-order valence-corrected chi connectivity index (χ1v) is 31.8. The van der Waals surface area contributed by atoms with E-state index in [4.69, 9.17) is 14.2 Å². The lowest BCUT2D eigenvalue weighted by molar-refractivity contribution is -0.167. The molecule has 440 valence electrons. The molecule has 1 atom stereocenters. The molecule has 0 aromatic rings. The second-order valence-electron chi connectivity index (χ2n) is 20.5. The Morgan fingerprint density at radius 1 is 0.269 bits per heavy atom. The molecule has 0 N–H and O–H groups in total. The molecule has 0 rings (SSSR count). The maximum Gasteiger partial charge on any atom is 0.306 e. The molecule has 0 saturated heterocycles. The predicted octanol–water partition coefficient (Wildman–Crippen LogP) is 21.9. The number of hydrogen-bond acceptors (Lipinski definition) is 6. The normalized spacial score (nSPS) is 13.1. The number of esters is 3. The van der Waals surface area contributed by atoms with Crippen molar-refractivity contribution in [2.24, 2.45) is 0 Å². The maximum absolute atomic E-state index is 12.9. The van der Waals surface area contributed by atoms with Crippen LogP contribution in [0, 0.1) is 0 Å². The van der Waals surface area contributed by atoms with Crippen molar-refractivity contribution in [2.45, 2.75) is 277 Å². The zero-order valence-electron chi connectivity index (χ0n) is 50.4. The molecule has 0 aliphatic carbocycles. The van der Waals surface area contributed by atoms with Gasteiger partial charge in [0.1, 0.15) is 13.2 Å². The van der Waals surface area contributed by atoms with Crippen molar-refractivity contribution < 1.29 is 28.6 Å². The second-order valence-corrected chi connectivity index (χ2v) is 20.5. The highest BCUT2D eigenvalue weighted by Gasteiger charge is 2.19. The van der Waals surface area contributed by atoms with Crippen LogP contribution < -0.4 is 0 Å². The van der Waals surface area contributed by atoms with E-state index in [1.165, 1.54) is 89.9 Å². The van der Waals surface area contributed by atoms with Gasteiger partial charge in [-0.15, -0.1) is 0 Å². The molecule has 0 aromatic heterocycles. The quantitative estimate of drug-likeness (QED) is 0.0261. The van der Waals surface area contributed by atoms with Crippen molar-refractivity contribution in [1.29, 1.82) is 0 Å². The zero-order chi connectivity index (χ0) is 56.4. The minimum atomic E-state index is -0.818. The predicted molar refractivity (Wildman–Crippen MR) is 339 cm³/mol. The SMILES string of the molecule is CC/C=C\C/C=C\C/C=C\C/C=C\C/C=C\C/C=C\C/C=C\CCCC(=O)OC(COC(=O)CCCCCCC/C=C\CCC)COC(=O)CCCCCCCCCCCCCCCC/C=C\C/C=C\C/C=C\C/C=C\CC. The number of hydrogen-bond donors (Lipinski definition) is 0. The molecule has 0 bridgehead atoms. The summed E-state index contributed by atoms with van der Waals surface area (Å²) in [6, 6.07) is 0. The fraction of sp³-hybridized carbons (Fsp3) is 0.625. The lowest BCUT2D eigenvalue weighted by Gasteiger charge is -2.18. The Bertz CT molecular complexity index is 1710. The number of carbonyl (C=O) groups excluding carboxylic acids is 3. The lowest BCUT2D eigenvalue weighted by Crippen LogP contribution is -2.30. The Hall–Kier alpha value is -4.71. The van der Waals surface area contributed by atoms with Gasteiger partial charge in [-0.3, -0.25) is 14.4 Å². The summed E-state index contributed by atoms with van der Waals surface area (Å²) in [7, 11) is 0. The molecule has 0 aliphatic heterocycles. The van der Waals surface area contributed by atoms with Crippen molar-refractivity contribution in [3.63, 3.8) is 0 Å². The van der Waals surface area contributed by atoms with E-state index in [1.54, 1.807) is 0 Å². The van der Waals surface area contributed by atoms with Crippen LogP contribution in [0.1, 0.15) is 271 Å². The van der Waals surface area contributed by atoms with Gasteiger partial charge in [0.2, 0.25) is 0 Å². The standard InChI is InChI=1S/C72H116O6/c1-4-7-10-13-16-19-22-24-26-28-30-32-34-35-36-37-39-40-42-44-46-48-50-53-56-59-62-65-71(74)77-68-69(67-76-70(73)64-61-58-55-52-21-18-15-12-9-6-3)78-72(75)66-63-60-57-54-51-49-47-45-43-41-38-33-31-29-27-25-23-20-17-14-11-8-5-2/h7-8,10-12,15-17,19-20,24-27,30-33,41,43,47,49,54,57,69H,4-6,9,13-14,18,21-23,28-29,34-40,42,44-46,48,50-53,55-56,58-68H2,1-3H3/b10-7-,11-8-,15-12-,19-16-,20-17-,26-24-,27-25-,32-30-,33-31-,43-41-,49-47-,57-54-. The second kappa shape index (κ2) is 64.8. The Labute approximate surface area is 480 Å². The van der Waals surface area contributed by atoms with E-state index in [1.807, 2.05) is 0 Å². The van der Waals surface area contributed by atoms with E-state index >= 15 is 0 Å². The van der Waals surface area contributed by atoms with Crippen LogP contribution in [-0.2, 0) is 28.6 Å². The van der Waals surface area contributed by atoms with Gasteiger partial charge in [-0.05, 0) is 128 Å². The number of unbranched alkanes of at least 4 members (excludes halogenated alkanes) is 21. The molecule has 1 unspecified atom stereocenters. The van der Waals surface area contributed by atoms with Crippen LogP contribution in [-0.4, -0.2) is 37.2 Å². The van der Waals surface area contributed by atoms with Gasteiger partial charge in [0.05, 0.1) is 0 Å². The Morgan fingerprint density at radius 3 is 0.833 bits per heavy atom. The van der Waals surface area contributed by atoms with Crippen molar-refractivity contribution >= 4 is 17.9 Å². The molecule has 78 heavy (non-hydrogen) atoms. The summed E-state index contributed by atoms with van der Waals surface area (Å²) < 4.78 is 16.8. The monoisotopic (exact) mass is 1080 g/mol. The summed E-state index contributed by atoms with van der Waals surface area (Å²) in [6.45, 7) is 6.30. The Kier molecular flexibility index (Phi) is 60.9. The average molecular weight is 1080 g/mol. The van der Waals surface area contributed by atoms with Crippen molar-refractivity contribution in [1.82, 2.24) is 0 Å². The molecule has 0 spiro atoms. The van der Waals surface area contributed by atoms with Gasteiger partial charge in [0.25, 0.3) is 0 Å². The largest absolute Gasteiger partial charge is 0.462 e. The zero-order valence-corrected chi connectivity index (χ0v) is 50.4. The minimum Gasteiger partial charge on any atom is -0.462 e. The number of rotatable bonds is 56. The van der Waals surface area contributed by atoms with Crippen LogP contribution >= 0.6 is 0 Å². The summed E-state index contributed by atoms with van der Waals surface area (Å²) in [5, 5.41) is 0. The average Bonchev–Trinajstić information content (AvgIpc) is 3.44. The molecule has 0 aromatic carbocycles. The van der Waals surface area contributed by atoms with Crippen LogP contribution in [0.2, 0.25) is 0 Å². The topological polar surface area (TPSA) is 78.9 Å². The fourth-order valence-electron chi connectivity index (χ4n) is 8.37. The molecule has 0 heterocycles. The first kappa shape index (κ1) is 73.3. The third-order valence-corrected chi connectivity index (χ3v) is 13.0. The third-order valence-electron chi connectivity index (χ3n) is 13.0. The number of allylic oxidation sites excluding steroid dienone is 24. The molecule has 6 nitrogen and oxygen atoms in total. The Balaban J connectivity index is 4.34. The van der Waals surface area contributed by atoms with Gasteiger partial charge < -0.3 is 14.2 Å². The fourth-order valence-corrected chi connectivity index (χ4v) is 8.37. The van der Waals surface area contributed by atoms with E-state index in [9.17, 15) is 14.4 Å². The molecule has 0 aliphatic rings. The summed E-state index contributed by atoms with van der Waals surface area (Å²) in [6.07, 6.45) is 93.0. The van der Waals surface area contributed by atoms with E-state index in [0.29, 0.717) is 19.3 Å². The molecule has 0 radical (unpaired) electrons. The lowest BCUT2D eigenvalue weighted by atomic mass is 10.0. The van der Waals surface area contributed by atoms with Crippen molar-refractivity contribution in [3.05, 3.63) is 146 Å². The summed E-state index contributed by atoms with van der Waals surface area (Å²) >= 11 is 0. The number of carbonyl (C=O) groups is 3. The van der Waals surface area contributed by atoms with Crippen LogP contribution in [0.4, 0.5) is 0 Å².